The second-order valence-electron chi connectivity index (χ2n) is 3.99. The van der Waals surface area contributed by atoms with Crippen LogP contribution in [-0.2, 0) is 4.79 Å². The molecule has 1 amide bonds. The fraction of sp³-hybridized carbons (Fsp3) is 0.909. The summed E-state index contributed by atoms with van der Waals surface area (Å²) in [7, 11) is 0. The number of amides is 1. The standard InChI is InChI=1S/C11H23N3O/c1-3-12-9-11(15)13-7-8-14(4-2)10-5-6-10/h10,12H,3-9H2,1-2H3,(H,13,15). The lowest BCUT2D eigenvalue weighted by Crippen LogP contribution is -2.39. The Morgan fingerprint density at radius 1 is 1.40 bits per heavy atom. The molecule has 1 saturated carbocycles. The average molecular weight is 213 g/mol. The van der Waals surface area contributed by atoms with Crippen LogP contribution < -0.4 is 10.6 Å². The molecule has 0 atom stereocenters. The van der Waals surface area contributed by atoms with Crippen LogP contribution in [0.1, 0.15) is 26.7 Å². The van der Waals surface area contributed by atoms with Crippen LogP contribution in [0.2, 0.25) is 0 Å². The van der Waals surface area contributed by atoms with Crippen LogP contribution in [-0.4, -0.2) is 49.6 Å². The van der Waals surface area contributed by atoms with Gasteiger partial charge in [0, 0.05) is 19.1 Å². The van der Waals surface area contributed by atoms with Gasteiger partial charge in [-0.25, -0.2) is 0 Å². The molecule has 4 nitrogen and oxygen atoms in total. The third-order valence-electron chi connectivity index (χ3n) is 2.73. The van der Waals surface area contributed by atoms with Crippen molar-refractivity contribution in [2.24, 2.45) is 0 Å². The van der Waals surface area contributed by atoms with Crippen molar-refractivity contribution < 1.29 is 4.79 Å². The first-order valence-corrected chi connectivity index (χ1v) is 5.99. The summed E-state index contributed by atoms with van der Waals surface area (Å²) >= 11 is 0. The van der Waals surface area contributed by atoms with Crippen molar-refractivity contribution in [3.05, 3.63) is 0 Å². The number of carbonyl (C=O) groups is 1. The molecule has 0 aliphatic heterocycles. The van der Waals surface area contributed by atoms with E-state index in [1.54, 1.807) is 0 Å². The van der Waals surface area contributed by atoms with Gasteiger partial charge in [-0.2, -0.15) is 0 Å². The zero-order valence-corrected chi connectivity index (χ0v) is 9.88. The van der Waals surface area contributed by atoms with E-state index in [0.717, 1.165) is 32.2 Å². The van der Waals surface area contributed by atoms with Crippen LogP contribution in [0.15, 0.2) is 0 Å². The van der Waals surface area contributed by atoms with E-state index in [-0.39, 0.29) is 5.91 Å². The Morgan fingerprint density at radius 3 is 2.67 bits per heavy atom. The van der Waals surface area contributed by atoms with E-state index in [1.165, 1.54) is 12.8 Å². The van der Waals surface area contributed by atoms with Gasteiger partial charge in [0.25, 0.3) is 0 Å². The molecule has 0 aromatic carbocycles. The maximum atomic E-state index is 11.3. The molecule has 0 spiro atoms. The van der Waals surface area contributed by atoms with Crippen LogP contribution in [0.3, 0.4) is 0 Å². The van der Waals surface area contributed by atoms with Crippen LogP contribution in [0.25, 0.3) is 0 Å². The van der Waals surface area contributed by atoms with Crippen molar-refractivity contribution >= 4 is 5.91 Å². The van der Waals surface area contributed by atoms with E-state index < -0.39 is 0 Å². The summed E-state index contributed by atoms with van der Waals surface area (Å²) in [5, 5.41) is 5.93. The quantitative estimate of drug-likeness (QED) is 0.605. The molecule has 15 heavy (non-hydrogen) atoms. The van der Waals surface area contributed by atoms with Crippen molar-refractivity contribution in [2.75, 3.05) is 32.7 Å². The molecular weight excluding hydrogens is 190 g/mol. The van der Waals surface area contributed by atoms with Crippen molar-refractivity contribution in [3.8, 4) is 0 Å². The Bertz CT molecular complexity index is 192. The molecule has 0 radical (unpaired) electrons. The average Bonchev–Trinajstić information content (AvgIpc) is 3.05. The lowest BCUT2D eigenvalue weighted by atomic mass is 10.4. The van der Waals surface area contributed by atoms with Gasteiger partial charge in [0.2, 0.25) is 5.91 Å². The Balaban J connectivity index is 2.01. The predicted octanol–water partition coefficient (Wildman–Crippen LogP) is 0.196. The molecule has 0 saturated heterocycles. The fourth-order valence-electron chi connectivity index (χ4n) is 1.68. The topological polar surface area (TPSA) is 44.4 Å². The summed E-state index contributed by atoms with van der Waals surface area (Å²) < 4.78 is 0. The maximum Gasteiger partial charge on any atom is 0.234 e. The highest BCUT2D eigenvalue weighted by Crippen LogP contribution is 2.25. The van der Waals surface area contributed by atoms with Gasteiger partial charge in [-0.3, -0.25) is 9.69 Å². The molecule has 1 rings (SSSR count). The number of rotatable bonds is 8. The highest BCUT2D eigenvalue weighted by molar-refractivity contribution is 5.77. The normalized spacial score (nSPS) is 15.7. The first kappa shape index (κ1) is 12.5. The third kappa shape index (κ3) is 5.14. The molecule has 0 bridgehead atoms. The van der Waals surface area contributed by atoms with Gasteiger partial charge in [-0.1, -0.05) is 13.8 Å². The SMILES string of the molecule is CCNCC(=O)NCCN(CC)C1CC1. The molecular formula is C11H23N3O. The van der Waals surface area contributed by atoms with E-state index in [1.807, 2.05) is 6.92 Å². The third-order valence-corrected chi connectivity index (χ3v) is 2.73. The van der Waals surface area contributed by atoms with Crippen molar-refractivity contribution in [3.63, 3.8) is 0 Å². The number of hydrogen-bond donors (Lipinski definition) is 2. The fourth-order valence-corrected chi connectivity index (χ4v) is 1.68. The smallest absolute Gasteiger partial charge is 0.234 e. The molecule has 4 heteroatoms. The Hall–Kier alpha value is -0.610. The minimum atomic E-state index is 0.101. The van der Waals surface area contributed by atoms with E-state index in [4.69, 9.17) is 0 Å². The van der Waals surface area contributed by atoms with Gasteiger partial charge in [0.15, 0.2) is 0 Å². The Morgan fingerprint density at radius 2 is 2.13 bits per heavy atom. The molecule has 1 aliphatic carbocycles. The summed E-state index contributed by atoms with van der Waals surface area (Å²) in [6.45, 7) is 8.31. The van der Waals surface area contributed by atoms with E-state index in [0.29, 0.717) is 6.54 Å². The summed E-state index contributed by atoms with van der Waals surface area (Å²) in [6, 6.07) is 0.792. The minimum Gasteiger partial charge on any atom is -0.354 e. The van der Waals surface area contributed by atoms with Crippen LogP contribution in [0, 0.1) is 0 Å². The second-order valence-corrected chi connectivity index (χ2v) is 3.99. The van der Waals surface area contributed by atoms with Crippen LogP contribution >= 0.6 is 0 Å². The van der Waals surface area contributed by atoms with Crippen molar-refractivity contribution in [1.82, 2.24) is 15.5 Å². The number of nitrogens with one attached hydrogen (secondary N) is 2. The Kier molecular flexibility index (Phi) is 5.65. The van der Waals surface area contributed by atoms with E-state index >= 15 is 0 Å². The predicted molar refractivity (Wildman–Crippen MR) is 61.8 cm³/mol. The zero-order chi connectivity index (χ0) is 11.1. The number of hydrogen-bond acceptors (Lipinski definition) is 3. The summed E-state index contributed by atoms with van der Waals surface area (Å²) in [5.74, 6) is 0.101. The summed E-state index contributed by atoms with van der Waals surface area (Å²) in [6.07, 6.45) is 2.67. The highest BCUT2D eigenvalue weighted by atomic mass is 16.1. The lowest BCUT2D eigenvalue weighted by Gasteiger charge is -2.19. The highest BCUT2D eigenvalue weighted by Gasteiger charge is 2.27. The zero-order valence-electron chi connectivity index (χ0n) is 9.88. The lowest BCUT2D eigenvalue weighted by molar-refractivity contribution is -0.120. The molecule has 2 N–H and O–H groups in total. The molecule has 1 aliphatic rings. The molecule has 0 aromatic rings. The molecule has 1 fully saturated rings. The van der Waals surface area contributed by atoms with Gasteiger partial charge < -0.3 is 10.6 Å². The van der Waals surface area contributed by atoms with E-state index in [2.05, 4.69) is 22.5 Å². The molecule has 0 unspecified atom stereocenters. The summed E-state index contributed by atoms with van der Waals surface area (Å²) in [5.41, 5.74) is 0. The maximum absolute atomic E-state index is 11.3. The molecule has 0 heterocycles. The largest absolute Gasteiger partial charge is 0.354 e. The minimum absolute atomic E-state index is 0.101. The molecule has 88 valence electrons. The number of carbonyl (C=O) groups excluding carboxylic acids is 1. The number of likely N-dealkylation sites (N-methyl/N-ethyl adjacent to an activating group) is 2. The Labute approximate surface area is 92.4 Å². The number of nitrogens with zero attached hydrogens (tertiary/aromatic N) is 1. The summed E-state index contributed by atoms with van der Waals surface area (Å²) in [4.78, 5) is 13.7. The van der Waals surface area contributed by atoms with Crippen LogP contribution in [0.5, 0.6) is 0 Å². The van der Waals surface area contributed by atoms with Gasteiger partial charge in [-0.05, 0) is 25.9 Å². The van der Waals surface area contributed by atoms with E-state index in [9.17, 15) is 4.79 Å². The van der Waals surface area contributed by atoms with Gasteiger partial charge in [0.1, 0.15) is 0 Å². The van der Waals surface area contributed by atoms with Crippen molar-refractivity contribution in [1.29, 1.82) is 0 Å². The van der Waals surface area contributed by atoms with Gasteiger partial charge in [-0.15, -0.1) is 0 Å². The van der Waals surface area contributed by atoms with Gasteiger partial charge in [0.05, 0.1) is 6.54 Å². The monoisotopic (exact) mass is 213 g/mol. The molecule has 0 aromatic heterocycles. The first-order chi connectivity index (χ1) is 7.27. The first-order valence-electron chi connectivity index (χ1n) is 5.99. The van der Waals surface area contributed by atoms with Crippen molar-refractivity contribution in [2.45, 2.75) is 32.7 Å². The second kappa shape index (κ2) is 6.80. The van der Waals surface area contributed by atoms with Gasteiger partial charge >= 0.3 is 0 Å². The van der Waals surface area contributed by atoms with Crippen LogP contribution in [0.4, 0.5) is 0 Å².